The quantitative estimate of drug-likeness (QED) is 0.392. The molecule has 1 saturated carbocycles. The molecule has 0 N–H and O–H groups in total. The van der Waals surface area contributed by atoms with Crippen molar-refractivity contribution in [1.29, 1.82) is 0 Å². The van der Waals surface area contributed by atoms with E-state index < -0.39 is 5.41 Å². The van der Waals surface area contributed by atoms with E-state index in [1.807, 2.05) is 24.4 Å². The van der Waals surface area contributed by atoms with Crippen molar-refractivity contribution in [1.82, 2.24) is 9.88 Å². The Hall–Kier alpha value is -2.48. The van der Waals surface area contributed by atoms with Gasteiger partial charge in [-0.05, 0) is 61.6 Å². The summed E-state index contributed by atoms with van der Waals surface area (Å²) in [6.07, 6.45) is 4.82. The molecule has 2 aliphatic heterocycles. The summed E-state index contributed by atoms with van der Waals surface area (Å²) in [6, 6.07) is 10.4. The number of halogens is 2. The zero-order chi connectivity index (χ0) is 24.2. The van der Waals surface area contributed by atoms with Crippen molar-refractivity contribution in [3.8, 4) is 11.5 Å². The van der Waals surface area contributed by atoms with E-state index >= 15 is 4.39 Å². The first-order valence-corrected chi connectivity index (χ1v) is 13.2. The van der Waals surface area contributed by atoms with E-state index in [4.69, 9.17) is 21.1 Å². The molecule has 6 rings (SSSR count). The van der Waals surface area contributed by atoms with Crippen LogP contribution >= 0.6 is 22.9 Å². The first-order chi connectivity index (χ1) is 16.9. The first kappa shape index (κ1) is 23.0. The highest BCUT2D eigenvalue weighted by molar-refractivity contribution is 7.11. The molecule has 2 aromatic carbocycles. The fourth-order valence-corrected chi connectivity index (χ4v) is 6.58. The summed E-state index contributed by atoms with van der Waals surface area (Å²) in [5.74, 6) is 1.83. The van der Waals surface area contributed by atoms with Gasteiger partial charge in [0.15, 0.2) is 11.5 Å². The van der Waals surface area contributed by atoms with Gasteiger partial charge in [0.2, 0.25) is 6.79 Å². The summed E-state index contributed by atoms with van der Waals surface area (Å²) >= 11 is 7.53. The number of ether oxygens (including phenoxy) is 2. The third kappa shape index (κ3) is 4.24. The van der Waals surface area contributed by atoms with Crippen molar-refractivity contribution in [2.45, 2.75) is 44.1 Å². The van der Waals surface area contributed by atoms with Crippen LogP contribution in [0.1, 0.15) is 53.2 Å². The summed E-state index contributed by atoms with van der Waals surface area (Å²) in [5.41, 5.74) is 1.11. The Morgan fingerprint density at radius 3 is 2.83 bits per heavy atom. The Morgan fingerprint density at radius 1 is 1.26 bits per heavy atom. The topological polar surface area (TPSA) is 51.7 Å². The lowest BCUT2D eigenvalue weighted by Gasteiger charge is -2.27. The predicted octanol–water partition coefficient (Wildman–Crippen LogP) is 5.94. The number of carbonyl (C=O) groups excluding carboxylic acids is 1. The first-order valence-electron chi connectivity index (χ1n) is 12.0. The molecule has 3 heterocycles. The second kappa shape index (κ2) is 8.87. The van der Waals surface area contributed by atoms with Gasteiger partial charge < -0.3 is 9.47 Å². The lowest BCUT2D eigenvalue weighted by molar-refractivity contribution is -0.120. The van der Waals surface area contributed by atoms with Gasteiger partial charge in [-0.25, -0.2) is 9.37 Å². The van der Waals surface area contributed by atoms with Gasteiger partial charge in [0, 0.05) is 28.2 Å². The van der Waals surface area contributed by atoms with Crippen molar-refractivity contribution in [3.05, 3.63) is 74.4 Å². The summed E-state index contributed by atoms with van der Waals surface area (Å²) in [5, 5.41) is 1.15. The van der Waals surface area contributed by atoms with Gasteiger partial charge in [0.25, 0.3) is 0 Å². The minimum absolute atomic E-state index is 0.168. The molecule has 1 saturated heterocycles. The SMILES string of the molecule is C[C@H]1CCN([C@H](c2cnc(CC(=O)C3(c4ccc5c(c4)OCO5)CC3)s2)c2ccc(Cl)cc2F)C1. The number of thiazole rings is 1. The van der Waals surface area contributed by atoms with Crippen LogP contribution in [0.15, 0.2) is 42.6 Å². The average Bonchev–Trinajstić information content (AvgIpc) is 3.12. The number of benzene rings is 2. The van der Waals surface area contributed by atoms with E-state index in [1.165, 1.54) is 17.4 Å². The molecule has 35 heavy (non-hydrogen) atoms. The number of likely N-dealkylation sites (tertiary alicyclic amines) is 1. The van der Waals surface area contributed by atoms with Gasteiger partial charge in [-0.15, -0.1) is 11.3 Å². The molecule has 1 aliphatic carbocycles. The van der Waals surface area contributed by atoms with E-state index in [-0.39, 0.29) is 30.9 Å². The standard InChI is InChI=1S/C27H26ClFN2O3S/c1-16-6-9-31(14-16)26(19-4-3-18(28)11-20(19)29)23-13-30-25(35-23)12-24(32)27(7-8-27)17-2-5-21-22(10-17)34-15-33-21/h2-5,10-11,13,16,26H,6-9,12,14-15H2,1H3/t16-,26-/m0/s1. The molecule has 2 atom stereocenters. The maximum absolute atomic E-state index is 15.0. The van der Waals surface area contributed by atoms with Gasteiger partial charge in [-0.3, -0.25) is 9.69 Å². The Bertz CT molecular complexity index is 1290. The smallest absolute Gasteiger partial charge is 0.231 e. The molecule has 0 spiro atoms. The molecule has 1 aromatic heterocycles. The van der Waals surface area contributed by atoms with Crippen LogP contribution in [0.2, 0.25) is 5.02 Å². The minimum Gasteiger partial charge on any atom is -0.454 e. The van der Waals surface area contributed by atoms with Gasteiger partial charge in [0.1, 0.15) is 16.6 Å². The molecule has 8 heteroatoms. The van der Waals surface area contributed by atoms with Gasteiger partial charge in [-0.2, -0.15) is 0 Å². The normalized spacial score (nSPS) is 21.3. The summed E-state index contributed by atoms with van der Waals surface area (Å²) in [6.45, 7) is 4.23. The highest BCUT2D eigenvalue weighted by atomic mass is 35.5. The van der Waals surface area contributed by atoms with Crippen LogP contribution in [-0.4, -0.2) is 35.5 Å². The third-order valence-electron chi connectivity index (χ3n) is 7.44. The van der Waals surface area contributed by atoms with E-state index in [1.54, 1.807) is 12.1 Å². The maximum Gasteiger partial charge on any atom is 0.231 e. The fourth-order valence-electron chi connectivity index (χ4n) is 5.34. The number of aromatic nitrogens is 1. The van der Waals surface area contributed by atoms with Crippen molar-refractivity contribution >= 4 is 28.7 Å². The van der Waals surface area contributed by atoms with E-state index in [0.717, 1.165) is 53.5 Å². The second-order valence-corrected chi connectivity index (χ2v) is 11.4. The van der Waals surface area contributed by atoms with Gasteiger partial charge in [-0.1, -0.05) is 30.7 Å². The third-order valence-corrected chi connectivity index (χ3v) is 8.72. The van der Waals surface area contributed by atoms with Crippen molar-refractivity contribution in [3.63, 3.8) is 0 Å². The van der Waals surface area contributed by atoms with E-state index in [9.17, 15) is 4.79 Å². The summed E-state index contributed by atoms with van der Waals surface area (Å²) in [7, 11) is 0. The average molecular weight is 513 g/mol. The molecule has 0 bridgehead atoms. The lowest BCUT2D eigenvalue weighted by Crippen LogP contribution is -2.27. The maximum atomic E-state index is 15.0. The van der Waals surface area contributed by atoms with Crippen LogP contribution in [-0.2, 0) is 16.6 Å². The number of ketones is 1. The Balaban J connectivity index is 1.25. The molecule has 3 aliphatic rings. The predicted molar refractivity (Wildman–Crippen MR) is 133 cm³/mol. The molecule has 182 valence electrons. The zero-order valence-electron chi connectivity index (χ0n) is 19.4. The highest BCUT2D eigenvalue weighted by Crippen LogP contribution is 2.51. The number of carbonyl (C=O) groups is 1. The molecular formula is C27H26ClFN2O3S. The van der Waals surface area contributed by atoms with Crippen LogP contribution in [0.4, 0.5) is 4.39 Å². The van der Waals surface area contributed by atoms with Crippen molar-refractivity contribution in [2.75, 3.05) is 19.9 Å². The van der Waals surface area contributed by atoms with Gasteiger partial charge in [0.05, 0.1) is 17.9 Å². The Labute approximate surface area is 212 Å². The Kier molecular flexibility index (Phi) is 5.82. The number of fused-ring (bicyclic) bond motifs is 1. The molecule has 2 fully saturated rings. The molecule has 0 amide bonds. The highest BCUT2D eigenvalue weighted by Gasteiger charge is 2.51. The summed E-state index contributed by atoms with van der Waals surface area (Å²) < 4.78 is 25.9. The van der Waals surface area contributed by atoms with Crippen molar-refractivity contribution < 1.29 is 18.7 Å². The van der Waals surface area contributed by atoms with Gasteiger partial charge >= 0.3 is 0 Å². The minimum atomic E-state index is -0.473. The van der Waals surface area contributed by atoms with Crippen molar-refractivity contribution in [2.24, 2.45) is 5.92 Å². The van der Waals surface area contributed by atoms with Crippen LogP contribution in [0.25, 0.3) is 0 Å². The fraction of sp³-hybridized carbons (Fsp3) is 0.407. The largest absolute Gasteiger partial charge is 0.454 e. The lowest BCUT2D eigenvalue weighted by atomic mass is 9.89. The number of hydrogen-bond donors (Lipinski definition) is 0. The number of rotatable bonds is 7. The monoisotopic (exact) mass is 512 g/mol. The molecule has 0 radical (unpaired) electrons. The number of nitrogens with zero attached hydrogens (tertiary/aromatic N) is 2. The molecule has 3 aromatic rings. The van der Waals surface area contributed by atoms with Crippen LogP contribution in [0.3, 0.4) is 0 Å². The molecule has 0 unspecified atom stereocenters. The van der Waals surface area contributed by atoms with Crippen LogP contribution in [0.5, 0.6) is 11.5 Å². The van der Waals surface area contributed by atoms with E-state index in [0.29, 0.717) is 22.3 Å². The van der Waals surface area contributed by atoms with Crippen LogP contribution < -0.4 is 9.47 Å². The Morgan fingerprint density at radius 2 is 2.09 bits per heavy atom. The van der Waals surface area contributed by atoms with E-state index in [2.05, 4.69) is 16.8 Å². The summed E-state index contributed by atoms with van der Waals surface area (Å²) in [4.78, 5) is 21.3. The molecule has 5 nitrogen and oxygen atoms in total. The number of Topliss-reactive ketones (excluding diaryl/α,β-unsaturated/α-hetero) is 1. The second-order valence-electron chi connectivity index (χ2n) is 9.86. The molecular weight excluding hydrogens is 487 g/mol. The zero-order valence-corrected chi connectivity index (χ0v) is 21.0. The number of hydrogen-bond acceptors (Lipinski definition) is 6. The van der Waals surface area contributed by atoms with Crippen LogP contribution in [0, 0.1) is 11.7 Å².